The molecule has 1 atom stereocenters. The third kappa shape index (κ3) is 17.9. The van der Waals surface area contributed by atoms with Crippen molar-refractivity contribution in [3.8, 4) is 0 Å². The molecule has 0 bridgehead atoms. The van der Waals surface area contributed by atoms with Gasteiger partial charge in [-0.1, -0.05) is 74.5 Å². The van der Waals surface area contributed by atoms with Gasteiger partial charge in [-0.05, 0) is 18.8 Å². The van der Waals surface area contributed by atoms with Crippen LogP contribution >= 0.6 is 0 Å². The number of hydrogen-bond acceptors (Lipinski definition) is 1. The number of hydrogen-bond donors (Lipinski definition) is 1. The highest BCUT2D eigenvalue weighted by molar-refractivity contribution is 5.04. The van der Waals surface area contributed by atoms with Crippen molar-refractivity contribution in [1.82, 2.24) is 5.32 Å². The van der Waals surface area contributed by atoms with Gasteiger partial charge in [-0.3, -0.25) is 0 Å². The predicted octanol–water partition coefficient (Wildman–Crippen LogP) is 5.89. The highest BCUT2D eigenvalue weighted by Gasteiger charge is 2.02. The lowest BCUT2D eigenvalue weighted by molar-refractivity contribution is 0.542. The molecule has 1 N–H and O–H groups in total. The SMILES string of the molecule is C=C(CCC)NC(=C)CC(C)CC.CC.CC. The van der Waals surface area contributed by atoms with Crippen LogP contribution < -0.4 is 5.32 Å². The van der Waals surface area contributed by atoms with E-state index >= 15 is 0 Å². The Bertz CT molecular complexity index is 170. The Morgan fingerprint density at radius 2 is 1.47 bits per heavy atom. The van der Waals surface area contributed by atoms with Crippen LogP contribution in [-0.4, -0.2) is 0 Å². The highest BCUT2D eigenvalue weighted by Crippen LogP contribution is 2.12. The Hall–Kier alpha value is -0.720. The predicted molar refractivity (Wildman–Crippen MR) is 83.1 cm³/mol. The maximum Gasteiger partial charge on any atom is 0.00781 e. The molecule has 0 fully saturated rings. The smallest absolute Gasteiger partial charge is 0.00781 e. The Kier molecular flexibility index (Phi) is 22.4. The van der Waals surface area contributed by atoms with Crippen LogP contribution in [0, 0.1) is 5.92 Å². The first kappa shape index (κ1) is 21.6. The second kappa shape index (κ2) is 17.7. The standard InChI is InChI=1S/C12H23N.2C2H6/c1-6-8-11(4)13-12(5)9-10(3)7-2;2*1-2/h10,13H,4-9H2,1-3H3;2*1-2H3. The van der Waals surface area contributed by atoms with E-state index in [-0.39, 0.29) is 0 Å². The van der Waals surface area contributed by atoms with E-state index in [2.05, 4.69) is 39.2 Å². The molecule has 0 aromatic heterocycles. The summed E-state index contributed by atoms with van der Waals surface area (Å²) in [6, 6.07) is 0. The minimum atomic E-state index is 0.717. The first-order valence-electron chi connectivity index (χ1n) is 7.22. The monoisotopic (exact) mass is 241 g/mol. The second-order valence-electron chi connectivity index (χ2n) is 3.80. The highest BCUT2D eigenvalue weighted by atomic mass is 14.9. The average molecular weight is 241 g/mol. The summed E-state index contributed by atoms with van der Waals surface area (Å²) in [4.78, 5) is 0. The van der Waals surface area contributed by atoms with Crippen LogP contribution in [0.3, 0.4) is 0 Å². The molecule has 1 nitrogen and oxygen atoms in total. The molecule has 17 heavy (non-hydrogen) atoms. The molecule has 0 aliphatic heterocycles. The normalized spacial score (nSPS) is 10.1. The fourth-order valence-electron chi connectivity index (χ4n) is 1.23. The van der Waals surface area contributed by atoms with Gasteiger partial charge in [-0.2, -0.15) is 0 Å². The summed E-state index contributed by atoms with van der Waals surface area (Å²) >= 11 is 0. The minimum absolute atomic E-state index is 0.717. The van der Waals surface area contributed by atoms with E-state index in [4.69, 9.17) is 0 Å². The molecule has 0 saturated heterocycles. The van der Waals surface area contributed by atoms with Crippen molar-refractivity contribution in [2.24, 2.45) is 5.92 Å². The van der Waals surface area contributed by atoms with Crippen LogP contribution in [0.1, 0.15) is 74.1 Å². The van der Waals surface area contributed by atoms with Gasteiger partial charge in [0.05, 0.1) is 0 Å². The summed E-state index contributed by atoms with van der Waals surface area (Å²) in [5.74, 6) is 0.717. The third-order valence-electron chi connectivity index (χ3n) is 2.20. The van der Waals surface area contributed by atoms with Crippen LogP contribution in [0.2, 0.25) is 0 Å². The van der Waals surface area contributed by atoms with E-state index in [0.29, 0.717) is 0 Å². The second-order valence-corrected chi connectivity index (χ2v) is 3.80. The van der Waals surface area contributed by atoms with Crippen LogP contribution in [0.5, 0.6) is 0 Å². The summed E-state index contributed by atoms with van der Waals surface area (Å²) in [7, 11) is 0. The molecular formula is C16H35N. The van der Waals surface area contributed by atoms with Gasteiger partial charge in [-0.25, -0.2) is 0 Å². The zero-order valence-electron chi connectivity index (χ0n) is 13.3. The molecule has 0 heterocycles. The molecule has 104 valence electrons. The van der Waals surface area contributed by atoms with Crippen molar-refractivity contribution < 1.29 is 0 Å². The Morgan fingerprint density at radius 1 is 1.00 bits per heavy atom. The van der Waals surface area contributed by atoms with Crippen LogP contribution in [0.25, 0.3) is 0 Å². The Labute approximate surface area is 110 Å². The maximum atomic E-state index is 3.99. The van der Waals surface area contributed by atoms with Crippen molar-refractivity contribution in [3.63, 3.8) is 0 Å². The number of allylic oxidation sites excluding steroid dienone is 2. The molecule has 1 heteroatoms. The summed E-state index contributed by atoms with van der Waals surface area (Å²) in [5, 5.41) is 3.26. The van der Waals surface area contributed by atoms with Gasteiger partial charge in [0.1, 0.15) is 0 Å². The van der Waals surface area contributed by atoms with E-state index in [9.17, 15) is 0 Å². The zero-order valence-corrected chi connectivity index (χ0v) is 13.3. The van der Waals surface area contributed by atoms with Gasteiger partial charge in [0.15, 0.2) is 0 Å². The molecule has 0 spiro atoms. The lowest BCUT2D eigenvalue weighted by atomic mass is 10.0. The van der Waals surface area contributed by atoms with Gasteiger partial charge in [0.2, 0.25) is 0 Å². The molecule has 0 saturated carbocycles. The zero-order chi connectivity index (χ0) is 14.3. The third-order valence-corrected chi connectivity index (χ3v) is 2.20. The summed E-state index contributed by atoms with van der Waals surface area (Å²) in [6.45, 7) is 22.5. The number of nitrogens with one attached hydrogen (secondary N) is 1. The summed E-state index contributed by atoms with van der Waals surface area (Å²) < 4.78 is 0. The van der Waals surface area contributed by atoms with E-state index in [1.165, 1.54) is 6.42 Å². The van der Waals surface area contributed by atoms with Gasteiger partial charge < -0.3 is 5.32 Å². The fraction of sp³-hybridized carbons (Fsp3) is 0.750. The Morgan fingerprint density at radius 3 is 1.82 bits per heavy atom. The topological polar surface area (TPSA) is 12.0 Å². The van der Waals surface area contributed by atoms with Gasteiger partial charge >= 0.3 is 0 Å². The van der Waals surface area contributed by atoms with Gasteiger partial charge in [0, 0.05) is 11.4 Å². The molecule has 1 unspecified atom stereocenters. The molecule has 0 aromatic rings. The molecule has 0 radical (unpaired) electrons. The van der Waals surface area contributed by atoms with Gasteiger partial charge in [0.25, 0.3) is 0 Å². The van der Waals surface area contributed by atoms with E-state index in [0.717, 1.165) is 36.6 Å². The van der Waals surface area contributed by atoms with Crippen LogP contribution in [0.4, 0.5) is 0 Å². The van der Waals surface area contributed by atoms with Crippen molar-refractivity contribution in [2.45, 2.75) is 74.1 Å². The van der Waals surface area contributed by atoms with Crippen LogP contribution in [0.15, 0.2) is 24.6 Å². The van der Waals surface area contributed by atoms with E-state index in [1.807, 2.05) is 27.7 Å². The van der Waals surface area contributed by atoms with Crippen molar-refractivity contribution in [1.29, 1.82) is 0 Å². The van der Waals surface area contributed by atoms with Crippen molar-refractivity contribution in [3.05, 3.63) is 24.6 Å². The lowest BCUT2D eigenvalue weighted by Gasteiger charge is -2.14. The molecule has 0 amide bonds. The molecule has 0 rings (SSSR count). The first-order valence-corrected chi connectivity index (χ1v) is 7.22. The Balaban J connectivity index is -0.000000439. The first-order chi connectivity index (χ1) is 8.10. The van der Waals surface area contributed by atoms with Gasteiger partial charge in [-0.15, -0.1) is 0 Å². The molecular weight excluding hydrogens is 206 g/mol. The fourth-order valence-corrected chi connectivity index (χ4v) is 1.23. The largest absolute Gasteiger partial charge is 0.363 e. The van der Waals surface area contributed by atoms with Crippen molar-refractivity contribution >= 4 is 0 Å². The number of rotatable bonds is 7. The lowest BCUT2D eigenvalue weighted by Crippen LogP contribution is -2.13. The quantitative estimate of drug-likeness (QED) is 0.586. The van der Waals surface area contributed by atoms with Crippen molar-refractivity contribution in [2.75, 3.05) is 0 Å². The van der Waals surface area contributed by atoms with E-state index < -0.39 is 0 Å². The average Bonchev–Trinajstić information content (AvgIpc) is 2.34. The summed E-state index contributed by atoms with van der Waals surface area (Å²) in [5.41, 5.74) is 2.20. The van der Waals surface area contributed by atoms with E-state index in [1.54, 1.807) is 0 Å². The summed E-state index contributed by atoms with van der Waals surface area (Å²) in [6.07, 6.45) is 4.45. The maximum absolute atomic E-state index is 3.99. The van der Waals surface area contributed by atoms with Crippen LogP contribution in [-0.2, 0) is 0 Å². The molecule has 0 aliphatic carbocycles. The minimum Gasteiger partial charge on any atom is -0.363 e. The molecule has 0 aromatic carbocycles. The molecule has 0 aliphatic rings.